The first-order chi connectivity index (χ1) is 16.8. The minimum absolute atomic E-state index is 0.123. The topological polar surface area (TPSA) is 109 Å². The molecule has 2 aromatic carbocycles. The van der Waals surface area contributed by atoms with Gasteiger partial charge in [-0.2, -0.15) is 0 Å². The maximum absolute atomic E-state index is 13.3. The van der Waals surface area contributed by atoms with Gasteiger partial charge in [-0.15, -0.1) is 0 Å². The van der Waals surface area contributed by atoms with Crippen LogP contribution in [0.3, 0.4) is 0 Å². The number of hydrogen-bond donors (Lipinski definition) is 4. The molecule has 35 heavy (non-hydrogen) atoms. The Kier molecular flexibility index (Phi) is 9.63. The van der Waals surface area contributed by atoms with E-state index in [1.807, 2.05) is 63.4 Å². The van der Waals surface area contributed by atoms with Crippen molar-refractivity contribution in [2.24, 2.45) is 11.5 Å². The minimum Gasteiger partial charge on any atom is -0.368 e. The Hall–Kier alpha value is -2.97. The number of amides is 1. The Morgan fingerprint density at radius 1 is 1.11 bits per heavy atom. The van der Waals surface area contributed by atoms with Gasteiger partial charge in [0.25, 0.3) is 5.91 Å². The van der Waals surface area contributed by atoms with E-state index < -0.39 is 0 Å². The van der Waals surface area contributed by atoms with Gasteiger partial charge in [0.05, 0.1) is 5.69 Å². The molecule has 1 amide bonds. The second kappa shape index (κ2) is 12.7. The van der Waals surface area contributed by atoms with Gasteiger partial charge in [0, 0.05) is 60.5 Å². The normalized spacial score (nSPS) is 11.2. The van der Waals surface area contributed by atoms with Gasteiger partial charge in [-0.1, -0.05) is 48.0 Å². The number of anilines is 1. The average molecular weight is 495 g/mol. The molecule has 0 spiro atoms. The van der Waals surface area contributed by atoms with E-state index in [1.165, 1.54) is 0 Å². The van der Waals surface area contributed by atoms with Crippen molar-refractivity contribution in [3.8, 4) is 11.3 Å². The molecule has 6 N–H and O–H groups in total. The highest BCUT2D eigenvalue weighted by molar-refractivity contribution is 6.31. The molecule has 7 nitrogen and oxygen atoms in total. The van der Waals surface area contributed by atoms with Crippen LogP contribution in [0.25, 0.3) is 11.3 Å². The highest BCUT2D eigenvalue weighted by atomic mass is 35.5. The van der Waals surface area contributed by atoms with Gasteiger partial charge >= 0.3 is 0 Å². The zero-order valence-electron chi connectivity index (χ0n) is 20.6. The molecule has 0 saturated heterocycles. The molecular formula is C27H35ClN6O. The lowest BCUT2D eigenvalue weighted by Gasteiger charge is -2.19. The number of benzene rings is 2. The lowest BCUT2D eigenvalue weighted by atomic mass is 10.0. The zero-order chi connectivity index (χ0) is 25.4. The quantitative estimate of drug-likeness (QED) is 0.321. The number of carbonyl (C=O) groups excluding carboxylic acids is 1. The Labute approximate surface area is 212 Å². The molecule has 1 heterocycles. The summed E-state index contributed by atoms with van der Waals surface area (Å²) in [6.45, 7) is 6.74. The Morgan fingerprint density at radius 2 is 1.89 bits per heavy atom. The summed E-state index contributed by atoms with van der Waals surface area (Å²) in [5.74, 6) is 0.396. The maximum atomic E-state index is 13.3. The number of nitrogens with zero attached hydrogens (tertiary/aromatic N) is 2. The van der Waals surface area contributed by atoms with Crippen molar-refractivity contribution >= 4 is 23.3 Å². The summed E-state index contributed by atoms with van der Waals surface area (Å²) in [6, 6.07) is 17.6. The number of halogens is 1. The predicted molar refractivity (Wildman–Crippen MR) is 144 cm³/mol. The van der Waals surface area contributed by atoms with E-state index in [0.29, 0.717) is 40.8 Å². The Bertz CT molecular complexity index is 1150. The number of pyridine rings is 1. The SMILES string of the molecule is CC(C)Nc1nc(-c2cccc(CN(C)CCN)c2)cc(C(=O)NCc2ccccc2Cl)c1CN. The molecule has 0 aliphatic heterocycles. The van der Waals surface area contributed by atoms with E-state index in [0.717, 1.165) is 29.8 Å². The molecule has 3 rings (SSSR count). The van der Waals surface area contributed by atoms with Crippen molar-refractivity contribution < 1.29 is 4.79 Å². The third-order valence-electron chi connectivity index (χ3n) is 5.58. The first-order valence-corrected chi connectivity index (χ1v) is 12.2. The fourth-order valence-electron chi connectivity index (χ4n) is 3.87. The lowest BCUT2D eigenvalue weighted by molar-refractivity contribution is 0.0950. The van der Waals surface area contributed by atoms with Crippen LogP contribution in [0.4, 0.5) is 5.82 Å². The summed E-state index contributed by atoms with van der Waals surface area (Å²) in [7, 11) is 2.04. The monoisotopic (exact) mass is 494 g/mol. The van der Waals surface area contributed by atoms with Crippen molar-refractivity contribution in [3.63, 3.8) is 0 Å². The minimum atomic E-state index is -0.223. The predicted octanol–water partition coefficient (Wildman–Crippen LogP) is 4.00. The standard InChI is InChI=1S/C27H35ClN6O/c1-18(2)32-26-23(15-30)22(27(35)31-16-21-8-4-5-10-24(21)28)14-25(33-26)20-9-6-7-19(13-20)17-34(3)12-11-29/h4-10,13-14,18H,11-12,15-17,29-30H2,1-3H3,(H,31,35)(H,32,33). The molecule has 0 radical (unpaired) electrons. The van der Waals surface area contributed by atoms with Gasteiger partial charge in [-0.05, 0) is 50.2 Å². The lowest BCUT2D eigenvalue weighted by Crippen LogP contribution is -2.26. The average Bonchev–Trinajstić information content (AvgIpc) is 2.82. The summed E-state index contributed by atoms with van der Waals surface area (Å²) in [5, 5.41) is 6.96. The van der Waals surface area contributed by atoms with Crippen LogP contribution in [0.2, 0.25) is 5.02 Å². The van der Waals surface area contributed by atoms with Gasteiger partial charge in [-0.25, -0.2) is 4.98 Å². The van der Waals surface area contributed by atoms with Crippen molar-refractivity contribution in [2.45, 2.75) is 39.5 Å². The first-order valence-electron chi connectivity index (χ1n) is 11.8. The second-order valence-electron chi connectivity index (χ2n) is 8.89. The van der Waals surface area contributed by atoms with Gasteiger partial charge < -0.3 is 27.0 Å². The van der Waals surface area contributed by atoms with E-state index in [4.69, 9.17) is 28.1 Å². The summed E-state index contributed by atoms with van der Waals surface area (Å²) < 4.78 is 0. The largest absolute Gasteiger partial charge is 0.368 e. The third-order valence-corrected chi connectivity index (χ3v) is 5.95. The van der Waals surface area contributed by atoms with Gasteiger partial charge in [0.15, 0.2) is 0 Å². The van der Waals surface area contributed by atoms with Crippen LogP contribution >= 0.6 is 11.6 Å². The molecular weight excluding hydrogens is 460 g/mol. The van der Waals surface area contributed by atoms with Gasteiger partial charge in [-0.3, -0.25) is 4.79 Å². The first kappa shape index (κ1) is 26.6. The molecule has 0 atom stereocenters. The van der Waals surface area contributed by atoms with Crippen LogP contribution in [0.1, 0.15) is 40.9 Å². The number of nitrogens with one attached hydrogen (secondary N) is 2. The molecule has 1 aromatic heterocycles. The van der Waals surface area contributed by atoms with E-state index in [1.54, 1.807) is 0 Å². The molecule has 186 valence electrons. The smallest absolute Gasteiger partial charge is 0.252 e. The van der Waals surface area contributed by atoms with Gasteiger partial charge in [0.1, 0.15) is 5.82 Å². The van der Waals surface area contributed by atoms with Crippen LogP contribution in [-0.2, 0) is 19.6 Å². The van der Waals surface area contributed by atoms with E-state index in [9.17, 15) is 4.79 Å². The third kappa shape index (κ3) is 7.26. The highest BCUT2D eigenvalue weighted by Gasteiger charge is 2.19. The molecule has 0 bridgehead atoms. The molecule has 3 aromatic rings. The summed E-state index contributed by atoms with van der Waals surface area (Å²) in [4.78, 5) is 20.4. The summed E-state index contributed by atoms with van der Waals surface area (Å²) in [5.41, 5.74) is 16.6. The number of rotatable bonds is 11. The summed E-state index contributed by atoms with van der Waals surface area (Å²) in [6.07, 6.45) is 0. The molecule has 0 aliphatic rings. The maximum Gasteiger partial charge on any atom is 0.252 e. The van der Waals surface area contributed by atoms with Crippen LogP contribution in [0.5, 0.6) is 0 Å². The zero-order valence-corrected chi connectivity index (χ0v) is 21.4. The van der Waals surface area contributed by atoms with Crippen molar-refractivity contribution in [1.82, 2.24) is 15.2 Å². The summed E-state index contributed by atoms with van der Waals surface area (Å²) >= 11 is 6.27. The fraction of sp³-hybridized carbons (Fsp3) is 0.333. The number of likely N-dealkylation sites (N-methyl/N-ethyl adjacent to an activating group) is 1. The molecule has 0 aliphatic carbocycles. The Morgan fingerprint density at radius 3 is 2.57 bits per heavy atom. The van der Waals surface area contributed by atoms with E-state index >= 15 is 0 Å². The van der Waals surface area contributed by atoms with Crippen molar-refractivity contribution in [1.29, 1.82) is 0 Å². The van der Waals surface area contributed by atoms with E-state index in [2.05, 4.69) is 27.7 Å². The second-order valence-corrected chi connectivity index (χ2v) is 9.29. The van der Waals surface area contributed by atoms with Crippen LogP contribution in [-0.4, -0.2) is 42.0 Å². The highest BCUT2D eigenvalue weighted by Crippen LogP contribution is 2.27. The Balaban J connectivity index is 1.98. The van der Waals surface area contributed by atoms with Gasteiger partial charge in [0.2, 0.25) is 0 Å². The molecule has 0 unspecified atom stereocenters. The van der Waals surface area contributed by atoms with Crippen LogP contribution < -0.4 is 22.1 Å². The van der Waals surface area contributed by atoms with Crippen LogP contribution in [0, 0.1) is 0 Å². The molecule has 0 fully saturated rings. The number of nitrogens with two attached hydrogens (primary N) is 2. The van der Waals surface area contributed by atoms with Crippen molar-refractivity contribution in [2.75, 3.05) is 25.5 Å². The number of aromatic nitrogens is 1. The fourth-order valence-corrected chi connectivity index (χ4v) is 4.08. The number of hydrogen-bond acceptors (Lipinski definition) is 6. The van der Waals surface area contributed by atoms with Crippen LogP contribution in [0.15, 0.2) is 54.6 Å². The molecule has 8 heteroatoms. The molecule has 0 saturated carbocycles. The van der Waals surface area contributed by atoms with E-state index in [-0.39, 0.29) is 18.5 Å². The van der Waals surface area contributed by atoms with Crippen molar-refractivity contribution in [3.05, 3.63) is 81.9 Å². The number of carbonyl (C=O) groups is 1.